The third kappa shape index (κ3) is 9.88. The second kappa shape index (κ2) is 17.5. The molecule has 11 heteroatoms. The molecule has 0 radical (unpaired) electrons. The number of hydrogen-bond donors (Lipinski definition) is 3. The first kappa shape index (κ1) is 38.4. The molecule has 0 saturated carbocycles. The lowest BCUT2D eigenvalue weighted by molar-refractivity contribution is 0.321. The summed E-state index contributed by atoms with van der Waals surface area (Å²) < 4.78 is 55.3. The molecular weight excluding hydrogens is 681 g/mol. The summed E-state index contributed by atoms with van der Waals surface area (Å²) in [5, 5.41) is 10.4. The Kier molecular flexibility index (Phi) is 13.2. The number of sulfone groups is 2. The number of nitrogens with two attached hydrogens (primary N) is 2. The number of nitrogens with one attached hydrogen (secondary N) is 1. The van der Waals surface area contributed by atoms with Gasteiger partial charge in [-0.05, 0) is 95.1 Å². The van der Waals surface area contributed by atoms with E-state index in [-0.39, 0.29) is 10.8 Å². The van der Waals surface area contributed by atoms with Crippen molar-refractivity contribution >= 4 is 53.0 Å². The zero-order valence-corrected chi connectivity index (χ0v) is 30.4. The van der Waals surface area contributed by atoms with E-state index in [9.17, 15) is 16.8 Å². The minimum Gasteiger partial charge on any atom is -0.482 e. The Morgan fingerprint density at radius 3 is 1.47 bits per heavy atom. The van der Waals surface area contributed by atoms with Gasteiger partial charge in [0, 0.05) is 13.5 Å². The lowest BCUT2D eigenvalue weighted by Crippen LogP contribution is -2.05. The third-order valence-electron chi connectivity index (χ3n) is 7.69. The second-order valence-corrected chi connectivity index (χ2v) is 15.3. The fraction of sp³-hybridized carbons (Fsp3) is 0.150. The van der Waals surface area contributed by atoms with E-state index in [4.69, 9.17) is 16.9 Å². The van der Waals surface area contributed by atoms with Crippen LogP contribution >= 0.6 is 0 Å². The molecule has 0 saturated heterocycles. The largest absolute Gasteiger partial charge is 0.482 e. The number of benzene rings is 6. The molecule has 51 heavy (non-hydrogen) atoms. The Bertz CT molecular complexity index is 2360. The van der Waals surface area contributed by atoms with E-state index in [1.54, 1.807) is 98.8 Å². The number of rotatable bonds is 8. The predicted molar refractivity (Wildman–Crippen MR) is 206 cm³/mol. The highest BCUT2D eigenvalue weighted by molar-refractivity contribution is 7.91. The quantitative estimate of drug-likeness (QED) is 0.107. The van der Waals surface area contributed by atoms with E-state index < -0.39 is 19.7 Å². The number of nitrogens with zero attached hydrogens (tertiary/aromatic N) is 1. The summed E-state index contributed by atoms with van der Waals surface area (Å²) in [7, 11) is -7.00. The molecule has 6 aromatic rings. The number of aliphatic imine (C=N–C) groups is 1. The number of ether oxygens (including phenoxy) is 1. The van der Waals surface area contributed by atoms with Crippen molar-refractivity contribution in [3.8, 4) is 0 Å². The van der Waals surface area contributed by atoms with Crippen molar-refractivity contribution in [3.05, 3.63) is 145 Å². The number of fused-ring (bicyclic) bond motifs is 2. The van der Waals surface area contributed by atoms with Crippen LogP contribution in [0.5, 0.6) is 0 Å². The molecule has 5 N–H and O–H groups in total. The summed E-state index contributed by atoms with van der Waals surface area (Å²) in [5.41, 5.74) is 13.3. The number of hydrogen-bond acceptors (Lipinski definition) is 8. The molecule has 0 unspecified atom stereocenters. The maximum atomic E-state index is 12.7. The van der Waals surface area contributed by atoms with Crippen LogP contribution in [-0.2, 0) is 37.5 Å². The van der Waals surface area contributed by atoms with E-state index in [1.165, 1.54) is 0 Å². The Morgan fingerprint density at radius 2 is 1.08 bits per heavy atom. The van der Waals surface area contributed by atoms with Gasteiger partial charge in [0.1, 0.15) is 0 Å². The van der Waals surface area contributed by atoms with Gasteiger partial charge in [-0.3, -0.25) is 10.4 Å². The molecular formula is C40H42N4O5S2. The molecule has 9 nitrogen and oxygen atoms in total. The summed E-state index contributed by atoms with van der Waals surface area (Å²) in [5.74, 6) is 0.813. The van der Waals surface area contributed by atoms with E-state index in [2.05, 4.69) is 9.73 Å². The molecule has 0 fully saturated rings. The predicted octanol–water partition coefficient (Wildman–Crippen LogP) is 7.70. The minimum absolute atomic E-state index is 0.289. The summed E-state index contributed by atoms with van der Waals surface area (Å²) >= 11 is 0. The van der Waals surface area contributed by atoms with Crippen molar-refractivity contribution < 1.29 is 21.6 Å². The third-order valence-corrected chi connectivity index (χ3v) is 11.2. The topological polar surface area (TPSA) is 166 Å². The van der Waals surface area contributed by atoms with Crippen molar-refractivity contribution in [3.63, 3.8) is 0 Å². The van der Waals surface area contributed by atoms with Gasteiger partial charge in [-0.2, -0.15) is 0 Å². The van der Waals surface area contributed by atoms with E-state index in [1.807, 2.05) is 55.5 Å². The van der Waals surface area contributed by atoms with Crippen LogP contribution in [0, 0.1) is 5.41 Å². The highest BCUT2D eigenvalue weighted by atomic mass is 32.2. The summed E-state index contributed by atoms with van der Waals surface area (Å²) in [6.45, 7) is 6.74. The van der Waals surface area contributed by atoms with Crippen molar-refractivity contribution in [2.75, 3.05) is 6.61 Å². The van der Waals surface area contributed by atoms with Gasteiger partial charge in [0.2, 0.25) is 19.7 Å². The van der Waals surface area contributed by atoms with Crippen LogP contribution < -0.4 is 11.5 Å². The highest BCUT2D eigenvalue weighted by Gasteiger charge is 2.19. The highest BCUT2D eigenvalue weighted by Crippen LogP contribution is 2.28. The lowest BCUT2D eigenvalue weighted by Gasteiger charge is -2.08. The summed E-state index contributed by atoms with van der Waals surface area (Å²) in [4.78, 5) is 5.43. The Labute approximate surface area is 300 Å². The minimum atomic E-state index is -3.52. The molecule has 0 spiro atoms. The van der Waals surface area contributed by atoms with E-state index >= 15 is 0 Å². The van der Waals surface area contributed by atoms with Crippen molar-refractivity contribution in [2.45, 2.75) is 53.4 Å². The van der Waals surface area contributed by atoms with Crippen LogP contribution in [0.15, 0.2) is 158 Å². The maximum absolute atomic E-state index is 12.7. The monoisotopic (exact) mass is 722 g/mol. The zero-order valence-electron chi connectivity index (χ0n) is 28.8. The molecule has 0 amide bonds. The first-order chi connectivity index (χ1) is 24.4. The zero-order chi connectivity index (χ0) is 37.0. The van der Waals surface area contributed by atoms with Gasteiger partial charge in [0.05, 0.1) is 38.6 Å². The average molecular weight is 723 g/mol. The Morgan fingerprint density at radius 1 is 0.627 bits per heavy atom. The first-order valence-corrected chi connectivity index (χ1v) is 19.1. The summed E-state index contributed by atoms with van der Waals surface area (Å²) in [6, 6.07) is 38.8. The van der Waals surface area contributed by atoms with Gasteiger partial charge in [0.25, 0.3) is 0 Å². The Balaban J connectivity index is 0.000000199. The molecule has 0 atom stereocenters. The molecule has 0 bridgehead atoms. The maximum Gasteiger partial charge on any atom is 0.206 e. The van der Waals surface area contributed by atoms with Crippen LogP contribution in [0.1, 0.15) is 31.9 Å². The molecule has 6 rings (SSSR count). The number of amidine groups is 1. The van der Waals surface area contributed by atoms with E-state index in [0.29, 0.717) is 40.2 Å². The van der Waals surface area contributed by atoms with Gasteiger partial charge < -0.3 is 16.2 Å². The normalized spacial score (nSPS) is 11.6. The molecule has 0 heterocycles. The van der Waals surface area contributed by atoms with Crippen molar-refractivity contribution in [1.29, 1.82) is 5.41 Å². The molecule has 0 aliphatic rings. The van der Waals surface area contributed by atoms with Crippen LogP contribution in [-0.4, -0.2) is 35.2 Å². The molecule has 6 aromatic carbocycles. The fourth-order valence-electron chi connectivity index (χ4n) is 5.21. The average Bonchev–Trinajstić information content (AvgIpc) is 3.14. The van der Waals surface area contributed by atoms with Crippen molar-refractivity contribution in [2.24, 2.45) is 16.5 Å². The smallest absolute Gasteiger partial charge is 0.206 e. The van der Waals surface area contributed by atoms with Gasteiger partial charge in [-0.25, -0.2) is 16.8 Å². The van der Waals surface area contributed by atoms with Gasteiger partial charge >= 0.3 is 0 Å². The van der Waals surface area contributed by atoms with E-state index in [0.717, 1.165) is 32.7 Å². The van der Waals surface area contributed by atoms with Crippen LogP contribution in [0.4, 0.5) is 0 Å². The van der Waals surface area contributed by atoms with Gasteiger partial charge in [-0.15, -0.1) is 0 Å². The fourth-order valence-corrected chi connectivity index (χ4v) is 7.84. The SMILES string of the molecule is CC(N)=NCc1cccc2cc(S(=O)(=O)c3ccccc3)ccc12.CCOC(C)=N.NCc1cccc2cc(S(=O)(=O)c3ccccc3)ccc12. The van der Waals surface area contributed by atoms with Gasteiger partial charge in [-0.1, -0.05) is 84.9 Å². The summed E-state index contributed by atoms with van der Waals surface area (Å²) in [6.07, 6.45) is 0. The van der Waals surface area contributed by atoms with Crippen molar-refractivity contribution in [1.82, 2.24) is 0 Å². The van der Waals surface area contributed by atoms with Crippen LogP contribution in [0.3, 0.4) is 0 Å². The second-order valence-electron chi connectivity index (χ2n) is 11.4. The first-order valence-electron chi connectivity index (χ1n) is 16.2. The molecule has 0 aromatic heterocycles. The standard InChI is InChI=1S/C19H18N2O2S.C17H15NO2S.C4H9NO/c1-14(20)21-13-16-7-5-6-15-12-18(10-11-19(15)16)24(22,23)17-8-3-2-4-9-17;18-12-14-6-4-5-13-11-16(9-10-17(13)14)21(19,20)15-7-2-1-3-8-15;1-3-6-4(2)5/h2-12H,13H2,1H3,(H2,20,21);1-11H,12,18H2;5H,3H2,1-2H3. The molecule has 0 aliphatic heterocycles. The lowest BCUT2D eigenvalue weighted by atomic mass is 10.0. The van der Waals surface area contributed by atoms with Crippen LogP contribution in [0.2, 0.25) is 0 Å². The van der Waals surface area contributed by atoms with Gasteiger partial charge in [0.15, 0.2) is 5.90 Å². The Hall–Kier alpha value is -5.36. The van der Waals surface area contributed by atoms with Crippen LogP contribution in [0.25, 0.3) is 21.5 Å². The molecule has 264 valence electrons. The molecule has 0 aliphatic carbocycles.